The molecule has 110 valence electrons. The second-order valence-electron chi connectivity index (χ2n) is 5.09. The van der Waals surface area contributed by atoms with Gasteiger partial charge in [-0.25, -0.2) is 0 Å². The Morgan fingerprint density at radius 2 is 2.05 bits per heavy atom. The molecule has 0 saturated heterocycles. The van der Waals surface area contributed by atoms with Crippen molar-refractivity contribution in [1.82, 2.24) is 4.98 Å². The lowest BCUT2D eigenvalue weighted by atomic mass is 10.3. The van der Waals surface area contributed by atoms with E-state index in [0.717, 1.165) is 14.6 Å². The molecule has 1 aliphatic carbocycles. The zero-order valence-electron chi connectivity index (χ0n) is 11.3. The molecule has 1 aromatic heterocycles. The maximum absolute atomic E-state index is 5.91. The van der Waals surface area contributed by atoms with Gasteiger partial charge in [-0.15, -0.1) is 0 Å². The minimum atomic E-state index is 0.500. The maximum Gasteiger partial charge on any atom is 0.239 e. The fourth-order valence-corrected chi connectivity index (χ4v) is 2.99. The molecule has 0 amide bonds. The Hall–Kier alpha value is -1.27. The third-order valence-electron chi connectivity index (χ3n) is 3.24. The molecule has 0 unspecified atom stereocenters. The van der Waals surface area contributed by atoms with Crippen LogP contribution in [0.1, 0.15) is 12.8 Å². The lowest BCUT2D eigenvalue weighted by Crippen LogP contribution is -2.05. The summed E-state index contributed by atoms with van der Waals surface area (Å²) in [7, 11) is 0. The summed E-state index contributed by atoms with van der Waals surface area (Å²) in [5, 5.41) is 3.26. The van der Waals surface area contributed by atoms with Gasteiger partial charge in [0.1, 0.15) is 5.82 Å². The second-order valence-corrected chi connectivity index (χ2v) is 6.86. The summed E-state index contributed by atoms with van der Waals surface area (Å²) in [5.74, 6) is 1.88. The summed E-state index contributed by atoms with van der Waals surface area (Å²) < 4.78 is 7.66. The van der Waals surface area contributed by atoms with Gasteiger partial charge in [-0.05, 0) is 65.0 Å². The number of benzene rings is 1. The lowest BCUT2D eigenvalue weighted by Gasteiger charge is -2.12. The van der Waals surface area contributed by atoms with Gasteiger partial charge in [0, 0.05) is 8.95 Å². The first kappa shape index (κ1) is 14.7. The van der Waals surface area contributed by atoms with E-state index < -0.39 is 0 Å². The number of hydrogen-bond acceptors (Lipinski definition) is 4. The number of aromatic nitrogens is 1. The molecule has 3 rings (SSSR count). The standard InChI is InChI=1S/C15H15Br2N3O/c16-10-3-5-13(11(17)7-10)19-14-6-4-12(18)15(20-14)21-8-9-1-2-9/h3-7,9H,1-2,8,18H2,(H,19,20). The van der Waals surface area contributed by atoms with Crippen LogP contribution in [0.25, 0.3) is 0 Å². The summed E-state index contributed by atoms with van der Waals surface area (Å²) in [5.41, 5.74) is 7.41. The first-order valence-corrected chi connectivity index (χ1v) is 8.32. The third kappa shape index (κ3) is 3.89. The summed E-state index contributed by atoms with van der Waals surface area (Å²) in [6.45, 7) is 0.697. The van der Waals surface area contributed by atoms with Crippen LogP contribution in [-0.2, 0) is 0 Å². The van der Waals surface area contributed by atoms with Crippen LogP contribution in [-0.4, -0.2) is 11.6 Å². The number of hydrogen-bond donors (Lipinski definition) is 2. The van der Waals surface area contributed by atoms with E-state index in [2.05, 4.69) is 42.2 Å². The van der Waals surface area contributed by atoms with Crippen LogP contribution in [0.2, 0.25) is 0 Å². The highest BCUT2D eigenvalue weighted by molar-refractivity contribution is 9.11. The molecule has 6 heteroatoms. The molecule has 0 spiro atoms. The zero-order chi connectivity index (χ0) is 14.8. The van der Waals surface area contributed by atoms with Crippen molar-refractivity contribution in [2.75, 3.05) is 17.7 Å². The SMILES string of the molecule is Nc1ccc(Nc2ccc(Br)cc2Br)nc1OCC1CC1. The van der Waals surface area contributed by atoms with Crippen molar-refractivity contribution >= 4 is 49.1 Å². The van der Waals surface area contributed by atoms with Crippen LogP contribution >= 0.6 is 31.9 Å². The molecule has 3 N–H and O–H groups in total. The molecular formula is C15H15Br2N3O. The molecule has 0 radical (unpaired) electrons. The van der Waals surface area contributed by atoms with E-state index in [1.165, 1.54) is 12.8 Å². The van der Waals surface area contributed by atoms with Crippen LogP contribution in [0, 0.1) is 5.92 Å². The number of halogens is 2. The third-order valence-corrected chi connectivity index (χ3v) is 4.39. The average molecular weight is 413 g/mol. The second kappa shape index (κ2) is 6.23. The number of anilines is 3. The molecule has 1 aliphatic rings. The Kier molecular flexibility index (Phi) is 4.35. The van der Waals surface area contributed by atoms with Crippen molar-refractivity contribution in [2.45, 2.75) is 12.8 Å². The topological polar surface area (TPSA) is 60.2 Å². The molecule has 1 fully saturated rings. The normalized spacial score (nSPS) is 14.0. The highest BCUT2D eigenvalue weighted by atomic mass is 79.9. The van der Waals surface area contributed by atoms with Crippen molar-refractivity contribution in [3.05, 3.63) is 39.3 Å². The number of nitrogens with one attached hydrogen (secondary N) is 1. The number of pyridine rings is 1. The monoisotopic (exact) mass is 411 g/mol. The van der Waals surface area contributed by atoms with Gasteiger partial charge in [0.15, 0.2) is 0 Å². The Morgan fingerprint density at radius 1 is 1.24 bits per heavy atom. The number of ether oxygens (including phenoxy) is 1. The van der Waals surface area contributed by atoms with Crippen LogP contribution in [0.4, 0.5) is 17.2 Å². The van der Waals surface area contributed by atoms with Crippen LogP contribution in [0.5, 0.6) is 5.88 Å². The van der Waals surface area contributed by atoms with Gasteiger partial charge in [-0.1, -0.05) is 15.9 Å². The van der Waals surface area contributed by atoms with Gasteiger partial charge in [0.2, 0.25) is 5.88 Å². The highest BCUT2D eigenvalue weighted by Crippen LogP contribution is 2.32. The lowest BCUT2D eigenvalue weighted by molar-refractivity contribution is 0.290. The Morgan fingerprint density at radius 3 is 2.76 bits per heavy atom. The first-order chi connectivity index (χ1) is 10.1. The minimum absolute atomic E-state index is 0.500. The Balaban J connectivity index is 1.76. The molecule has 0 bridgehead atoms. The van der Waals surface area contributed by atoms with E-state index in [1.807, 2.05) is 30.3 Å². The van der Waals surface area contributed by atoms with Gasteiger partial charge in [-0.3, -0.25) is 0 Å². The van der Waals surface area contributed by atoms with E-state index in [1.54, 1.807) is 0 Å². The fourth-order valence-electron chi connectivity index (χ4n) is 1.85. The smallest absolute Gasteiger partial charge is 0.239 e. The Labute approximate surface area is 140 Å². The summed E-state index contributed by atoms with van der Waals surface area (Å²) in [4.78, 5) is 4.44. The summed E-state index contributed by atoms with van der Waals surface area (Å²) in [6.07, 6.45) is 2.48. The Bertz CT molecular complexity index is 659. The molecule has 21 heavy (non-hydrogen) atoms. The van der Waals surface area contributed by atoms with Gasteiger partial charge in [-0.2, -0.15) is 4.98 Å². The molecule has 1 aromatic carbocycles. The molecule has 1 saturated carbocycles. The zero-order valence-corrected chi connectivity index (χ0v) is 14.4. The van der Waals surface area contributed by atoms with Crippen molar-refractivity contribution in [3.8, 4) is 5.88 Å². The molecule has 0 atom stereocenters. The summed E-state index contributed by atoms with van der Waals surface area (Å²) >= 11 is 6.95. The van der Waals surface area contributed by atoms with Crippen LogP contribution < -0.4 is 15.8 Å². The number of nitrogens with two attached hydrogens (primary N) is 1. The largest absolute Gasteiger partial charge is 0.476 e. The van der Waals surface area contributed by atoms with Crippen LogP contribution in [0.3, 0.4) is 0 Å². The fraction of sp³-hybridized carbons (Fsp3) is 0.267. The average Bonchev–Trinajstić information content (AvgIpc) is 3.26. The molecular weight excluding hydrogens is 398 g/mol. The molecule has 0 aliphatic heterocycles. The predicted octanol–water partition coefficient (Wildman–Crippen LogP) is 4.72. The summed E-state index contributed by atoms with van der Waals surface area (Å²) in [6, 6.07) is 9.56. The molecule has 4 nitrogen and oxygen atoms in total. The predicted molar refractivity (Wildman–Crippen MR) is 92.0 cm³/mol. The molecule has 1 heterocycles. The number of rotatable bonds is 5. The quantitative estimate of drug-likeness (QED) is 0.745. The van der Waals surface area contributed by atoms with Gasteiger partial charge >= 0.3 is 0 Å². The van der Waals surface area contributed by atoms with Crippen molar-refractivity contribution in [1.29, 1.82) is 0 Å². The minimum Gasteiger partial charge on any atom is -0.476 e. The van der Waals surface area contributed by atoms with E-state index in [9.17, 15) is 0 Å². The highest BCUT2D eigenvalue weighted by Gasteiger charge is 2.22. The van der Waals surface area contributed by atoms with Gasteiger partial charge < -0.3 is 15.8 Å². The maximum atomic E-state index is 5.91. The van der Waals surface area contributed by atoms with E-state index in [0.29, 0.717) is 29.9 Å². The van der Waals surface area contributed by atoms with Gasteiger partial charge in [0.05, 0.1) is 18.0 Å². The molecule has 2 aromatic rings. The van der Waals surface area contributed by atoms with E-state index in [4.69, 9.17) is 10.5 Å². The van der Waals surface area contributed by atoms with Gasteiger partial charge in [0.25, 0.3) is 0 Å². The van der Waals surface area contributed by atoms with Crippen molar-refractivity contribution in [2.24, 2.45) is 5.92 Å². The first-order valence-electron chi connectivity index (χ1n) is 6.73. The number of nitrogens with zero attached hydrogens (tertiary/aromatic N) is 1. The van der Waals surface area contributed by atoms with Crippen molar-refractivity contribution < 1.29 is 4.74 Å². The van der Waals surface area contributed by atoms with Crippen molar-refractivity contribution in [3.63, 3.8) is 0 Å². The van der Waals surface area contributed by atoms with E-state index in [-0.39, 0.29) is 0 Å². The number of nitrogen functional groups attached to an aromatic ring is 1. The van der Waals surface area contributed by atoms with Crippen LogP contribution in [0.15, 0.2) is 39.3 Å². The van der Waals surface area contributed by atoms with E-state index >= 15 is 0 Å².